The van der Waals surface area contributed by atoms with Crippen molar-refractivity contribution in [2.75, 3.05) is 11.9 Å². The fraction of sp³-hybridized carbons (Fsp3) is 0.211. The van der Waals surface area contributed by atoms with Gasteiger partial charge in [0.25, 0.3) is 0 Å². The van der Waals surface area contributed by atoms with Gasteiger partial charge in [-0.3, -0.25) is 0 Å². The number of nitrogens with one attached hydrogen (secondary N) is 2. The average molecular weight is 455 g/mol. The van der Waals surface area contributed by atoms with Gasteiger partial charge in [0, 0.05) is 18.1 Å². The number of rotatable bonds is 4. The summed E-state index contributed by atoms with van der Waals surface area (Å²) in [6.45, 7) is 1.51. The molecule has 1 aromatic carbocycles. The van der Waals surface area contributed by atoms with Crippen molar-refractivity contribution < 1.29 is 23.1 Å². The number of aromatic carboxylic acids is 1. The predicted octanol–water partition coefficient (Wildman–Crippen LogP) is 4.96. The fourth-order valence-corrected chi connectivity index (χ4v) is 4.25. The Kier molecular flexibility index (Phi) is 5.39. The summed E-state index contributed by atoms with van der Waals surface area (Å²) in [6.07, 6.45) is -3.22. The number of nitrogens with zero attached hydrogens (tertiary/aromatic N) is 2. The Hall–Kier alpha value is -2.69. The normalized spacial score (nSPS) is 13.7. The van der Waals surface area contributed by atoms with Gasteiger partial charge in [-0.1, -0.05) is 11.6 Å². The Morgan fingerprint density at radius 2 is 2.07 bits per heavy atom. The van der Waals surface area contributed by atoms with Crippen LogP contribution in [0.1, 0.15) is 27.0 Å². The Morgan fingerprint density at radius 3 is 2.77 bits per heavy atom. The first-order valence-electron chi connectivity index (χ1n) is 8.78. The van der Waals surface area contributed by atoms with Crippen molar-refractivity contribution in [3.05, 3.63) is 57.1 Å². The van der Waals surface area contributed by atoms with Gasteiger partial charge < -0.3 is 15.7 Å². The summed E-state index contributed by atoms with van der Waals surface area (Å²) in [7, 11) is 0. The zero-order chi connectivity index (χ0) is 21.5. The first-order chi connectivity index (χ1) is 14.2. The number of carboxylic acids is 1. The van der Waals surface area contributed by atoms with E-state index in [1.54, 1.807) is 6.07 Å². The summed E-state index contributed by atoms with van der Waals surface area (Å²) in [4.78, 5) is 19.0. The van der Waals surface area contributed by atoms with Crippen LogP contribution in [-0.2, 0) is 19.1 Å². The van der Waals surface area contributed by atoms with Gasteiger partial charge in [0.2, 0.25) is 5.95 Å². The van der Waals surface area contributed by atoms with E-state index in [9.17, 15) is 18.0 Å². The third-order valence-corrected chi connectivity index (χ3v) is 5.85. The zero-order valence-electron chi connectivity index (χ0n) is 15.2. The minimum atomic E-state index is -4.70. The number of anilines is 2. The van der Waals surface area contributed by atoms with Crippen LogP contribution in [0.4, 0.5) is 24.8 Å². The molecule has 0 radical (unpaired) electrons. The Balaban J connectivity index is 1.74. The molecule has 1 aliphatic heterocycles. The van der Waals surface area contributed by atoms with Crippen LogP contribution >= 0.6 is 22.9 Å². The summed E-state index contributed by atoms with van der Waals surface area (Å²) in [5.41, 5.74) is 1.08. The second kappa shape index (κ2) is 7.86. The summed E-state index contributed by atoms with van der Waals surface area (Å²) in [6, 6.07) is 4.80. The first-order valence-corrected chi connectivity index (χ1v) is 10.0. The Labute approximate surface area is 177 Å². The van der Waals surface area contributed by atoms with Gasteiger partial charge in [-0.15, -0.1) is 11.3 Å². The molecule has 30 heavy (non-hydrogen) atoms. The molecular weight excluding hydrogens is 441 g/mol. The number of fused-ring (bicyclic) bond motifs is 1. The molecule has 0 unspecified atom stereocenters. The smallest absolute Gasteiger partial charge is 0.420 e. The molecule has 2 aromatic heterocycles. The molecule has 3 heterocycles. The fourth-order valence-electron chi connectivity index (χ4n) is 3.13. The molecule has 3 N–H and O–H groups in total. The highest BCUT2D eigenvalue weighted by Crippen LogP contribution is 2.39. The molecule has 0 amide bonds. The molecular formula is C19H14ClF3N4O2S. The molecule has 1 aliphatic rings. The monoisotopic (exact) mass is 454 g/mol. The van der Waals surface area contributed by atoms with Crippen LogP contribution in [0.15, 0.2) is 29.8 Å². The minimum absolute atomic E-state index is 0.0703. The molecule has 0 saturated heterocycles. The SMILES string of the molecule is O=C(O)c1csc(-c2nc(Nc3cc4c(cc3Cl)CNCC4)ncc2C(F)(F)F)c1. The second-order valence-electron chi connectivity index (χ2n) is 6.61. The van der Waals surface area contributed by atoms with Crippen molar-refractivity contribution in [3.63, 3.8) is 0 Å². The Morgan fingerprint density at radius 1 is 1.27 bits per heavy atom. The molecule has 0 aliphatic carbocycles. The number of benzene rings is 1. The predicted molar refractivity (Wildman–Crippen MR) is 107 cm³/mol. The summed E-state index contributed by atoms with van der Waals surface area (Å²) < 4.78 is 40.4. The number of carboxylic acid groups (broad SMARTS) is 1. The largest absolute Gasteiger partial charge is 0.478 e. The standard InChI is InChI=1S/C19H14ClF3N4O2S/c20-13-3-10-6-24-2-1-9(10)4-14(13)26-18-25-7-12(19(21,22)23)16(27-18)15-5-11(8-30-15)17(28)29/h3-5,7-8,24H,1-2,6H2,(H,28,29)(H,25,26,27). The van der Waals surface area contributed by atoms with Crippen molar-refractivity contribution in [2.24, 2.45) is 0 Å². The third kappa shape index (κ3) is 4.11. The number of hydrogen-bond acceptors (Lipinski definition) is 6. The van der Waals surface area contributed by atoms with Crippen LogP contribution in [0.25, 0.3) is 10.6 Å². The van der Waals surface area contributed by atoms with Crippen LogP contribution in [-0.4, -0.2) is 27.6 Å². The van der Waals surface area contributed by atoms with Crippen molar-refractivity contribution in [1.29, 1.82) is 0 Å². The van der Waals surface area contributed by atoms with Crippen molar-refractivity contribution in [1.82, 2.24) is 15.3 Å². The van der Waals surface area contributed by atoms with Gasteiger partial charge >= 0.3 is 12.1 Å². The highest BCUT2D eigenvalue weighted by molar-refractivity contribution is 7.13. The molecule has 156 valence electrons. The maximum Gasteiger partial charge on any atom is 0.420 e. The van der Waals surface area contributed by atoms with E-state index in [0.29, 0.717) is 23.5 Å². The van der Waals surface area contributed by atoms with Gasteiger partial charge in [0.1, 0.15) is 5.56 Å². The zero-order valence-corrected chi connectivity index (χ0v) is 16.8. The van der Waals surface area contributed by atoms with Gasteiger partial charge in [0.15, 0.2) is 0 Å². The highest BCUT2D eigenvalue weighted by Gasteiger charge is 2.36. The lowest BCUT2D eigenvalue weighted by Crippen LogP contribution is -2.23. The van der Waals surface area contributed by atoms with E-state index < -0.39 is 23.4 Å². The van der Waals surface area contributed by atoms with E-state index in [-0.39, 0.29) is 16.4 Å². The summed E-state index contributed by atoms with van der Waals surface area (Å²) in [5, 5.41) is 16.9. The van der Waals surface area contributed by atoms with Gasteiger partial charge in [-0.25, -0.2) is 14.8 Å². The van der Waals surface area contributed by atoms with E-state index in [1.165, 1.54) is 5.38 Å². The van der Waals surface area contributed by atoms with E-state index in [4.69, 9.17) is 16.7 Å². The quantitative estimate of drug-likeness (QED) is 0.516. The second-order valence-corrected chi connectivity index (χ2v) is 7.93. The van der Waals surface area contributed by atoms with Crippen LogP contribution in [0.2, 0.25) is 5.02 Å². The van der Waals surface area contributed by atoms with E-state index >= 15 is 0 Å². The average Bonchev–Trinajstić information content (AvgIpc) is 3.18. The number of alkyl halides is 3. The van der Waals surface area contributed by atoms with Crippen molar-refractivity contribution in [2.45, 2.75) is 19.1 Å². The summed E-state index contributed by atoms with van der Waals surface area (Å²) in [5.74, 6) is -1.30. The molecule has 4 rings (SSSR count). The first kappa shape index (κ1) is 20.6. The molecule has 6 nitrogen and oxygen atoms in total. The molecule has 0 spiro atoms. The number of thiophene rings is 1. The maximum atomic E-state index is 13.5. The van der Waals surface area contributed by atoms with Gasteiger partial charge in [0.05, 0.1) is 26.8 Å². The lowest BCUT2D eigenvalue weighted by Gasteiger charge is -2.19. The molecule has 0 fully saturated rings. The summed E-state index contributed by atoms with van der Waals surface area (Å²) >= 11 is 7.19. The van der Waals surface area contributed by atoms with Crippen molar-refractivity contribution >= 4 is 40.5 Å². The number of aromatic nitrogens is 2. The van der Waals surface area contributed by atoms with E-state index in [1.807, 2.05) is 6.07 Å². The number of carbonyl (C=O) groups is 1. The maximum absolute atomic E-state index is 13.5. The van der Waals surface area contributed by atoms with Crippen LogP contribution in [0.5, 0.6) is 0 Å². The molecule has 0 bridgehead atoms. The van der Waals surface area contributed by atoms with Crippen molar-refractivity contribution in [3.8, 4) is 10.6 Å². The molecule has 11 heteroatoms. The lowest BCUT2D eigenvalue weighted by molar-refractivity contribution is -0.137. The minimum Gasteiger partial charge on any atom is -0.478 e. The van der Waals surface area contributed by atoms with Gasteiger partial charge in [-0.2, -0.15) is 13.2 Å². The van der Waals surface area contributed by atoms with Gasteiger partial charge in [-0.05, 0) is 42.3 Å². The molecule has 0 atom stereocenters. The molecule has 0 saturated carbocycles. The topological polar surface area (TPSA) is 87.1 Å². The molecule has 3 aromatic rings. The van der Waals surface area contributed by atoms with E-state index in [2.05, 4.69) is 20.6 Å². The lowest BCUT2D eigenvalue weighted by atomic mass is 10.0. The number of halogens is 4. The Bertz CT molecular complexity index is 1130. The number of hydrogen-bond donors (Lipinski definition) is 3. The van der Waals surface area contributed by atoms with Crippen LogP contribution in [0, 0.1) is 0 Å². The third-order valence-electron chi connectivity index (χ3n) is 4.60. The van der Waals surface area contributed by atoms with Crippen LogP contribution in [0.3, 0.4) is 0 Å². The van der Waals surface area contributed by atoms with E-state index in [0.717, 1.165) is 41.5 Å². The van der Waals surface area contributed by atoms with Crippen LogP contribution < -0.4 is 10.6 Å². The highest BCUT2D eigenvalue weighted by atomic mass is 35.5.